The summed E-state index contributed by atoms with van der Waals surface area (Å²) >= 11 is 1.09. The van der Waals surface area contributed by atoms with Crippen LogP contribution in [0.2, 0.25) is 0 Å². The first-order valence-corrected chi connectivity index (χ1v) is 13.5. The van der Waals surface area contributed by atoms with Crippen LogP contribution in [0.3, 0.4) is 0 Å². The fraction of sp³-hybridized carbons (Fsp3) is 0.192. The number of amides is 1. The quantitative estimate of drug-likeness (QED) is 0.328. The number of rotatable bonds is 9. The summed E-state index contributed by atoms with van der Waals surface area (Å²) < 4.78 is 29.9. The molecule has 0 spiro atoms. The fourth-order valence-electron chi connectivity index (χ4n) is 3.50. The summed E-state index contributed by atoms with van der Waals surface area (Å²) in [6.07, 6.45) is 1.94. The van der Waals surface area contributed by atoms with Crippen LogP contribution < -0.4 is 14.4 Å². The van der Waals surface area contributed by atoms with E-state index in [9.17, 15) is 9.00 Å². The predicted octanol–water partition coefficient (Wildman–Crippen LogP) is 4.84. The number of aromatic nitrogens is 2. The SMILES string of the molecule is COc1ccc(CNS(=N)(=O)c2sc(N(C)C(=O)Cc3ccc(-c4ccccn4)cc3)nc2C)cc1. The van der Waals surface area contributed by atoms with Crippen LogP contribution >= 0.6 is 11.3 Å². The van der Waals surface area contributed by atoms with Gasteiger partial charge in [0.25, 0.3) is 0 Å². The molecule has 4 aromatic rings. The molecule has 2 aromatic carbocycles. The van der Waals surface area contributed by atoms with Gasteiger partial charge in [0.1, 0.15) is 19.9 Å². The Morgan fingerprint density at radius 3 is 2.42 bits per heavy atom. The van der Waals surface area contributed by atoms with Crippen molar-refractivity contribution in [3.8, 4) is 17.0 Å². The number of nitrogens with zero attached hydrogens (tertiary/aromatic N) is 3. The highest BCUT2D eigenvalue weighted by molar-refractivity contribution is 7.92. The summed E-state index contributed by atoms with van der Waals surface area (Å²) in [6.45, 7) is 1.95. The molecule has 0 aliphatic carbocycles. The number of ether oxygens (including phenoxy) is 1. The van der Waals surface area contributed by atoms with E-state index >= 15 is 0 Å². The lowest BCUT2D eigenvalue weighted by Crippen LogP contribution is -2.27. The third kappa shape index (κ3) is 5.96. The molecule has 0 fully saturated rings. The van der Waals surface area contributed by atoms with E-state index in [-0.39, 0.29) is 18.9 Å². The molecule has 0 aliphatic rings. The lowest BCUT2D eigenvalue weighted by molar-refractivity contribution is -0.117. The van der Waals surface area contributed by atoms with Crippen LogP contribution in [0.1, 0.15) is 16.8 Å². The molecule has 8 nitrogen and oxygen atoms in total. The van der Waals surface area contributed by atoms with E-state index in [1.54, 1.807) is 27.3 Å². The number of aryl methyl sites for hydroxylation is 1. The maximum Gasteiger partial charge on any atom is 0.232 e. The molecule has 4 rings (SSSR count). The van der Waals surface area contributed by atoms with Gasteiger partial charge >= 0.3 is 0 Å². The number of carbonyl (C=O) groups excluding carboxylic acids is 1. The largest absolute Gasteiger partial charge is 0.497 e. The highest BCUT2D eigenvalue weighted by Crippen LogP contribution is 2.30. The van der Waals surface area contributed by atoms with E-state index in [0.29, 0.717) is 15.0 Å². The average molecular weight is 522 g/mol. The molecular formula is C26H27N5O3S2. The van der Waals surface area contributed by atoms with Gasteiger partial charge in [-0.25, -0.2) is 18.7 Å². The zero-order valence-electron chi connectivity index (χ0n) is 20.2. The number of anilines is 1. The average Bonchev–Trinajstić information content (AvgIpc) is 3.30. The van der Waals surface area contributed by atoms with E-state index in [0.717, 1.165) is 39.5 Å². The van der Waals surface area contributed by atoms with Crippen LogP contribution in [-0.4, -0.2) is 34.2 Å². The van der Waals surface area contributed by atoms with Gasteiger partial charge < -0.3 is 4.74 Å². The van der Waals surface area contributed by atoms with E-state index < -0.39 is 9.92 Å². The lowest BCUT2D eigenvalue weighted by atomic mass is 10.1. The van der Waals surface area contributed by atoms with Crippen molar-refractivity contribution in [1.29, 1.82) is 4.78 Å². The summed E-state index contributed by atoms with van der Waals surface area (Å²) in [5.74, 6) is 0.578. The predicted molar refractivity (Wildman–Crippen MR) is 143 cm³/mol. The zero-order chi connectivity index (χ0) is 25.7. The number of hydrogen-bond acceptors (Lipinski definition) is 7. The van der Waals surface area contributed by atoms with Crippen molar-refractivity contribution < 1.29 is 13.7 Å². The number of thiazole rings is 1. The molecule has 0 saturated carbocycles. The maximum atomic E-state index is 13.1. The van der Waals surface area contributed by atoms with Crippen molar-refractivity contribution in [3.63, 3.8) is 0 Å². The van der Waals surface area contributed by atoms with Crippen molar-refractivity contribution in [2.24, 2.45) is 0 Å². The van der Waals surface area contributed by atoms with Gasteiger partial charge in [-0.15, -0.1) is 0 Å². The molecule has 2 aromatic heterocycles. The summed E-state index contributed by atoms with van der Waals surface area (Å²) in [5.41, 5.74) is 4.06. The lowest BCUT2D eigenvalue weighted by Gasteiger charge is -2.14. The molecule has 36 heavy (non-hydrogen) atoms. The van der Waals surface area contributed by atoms with E-state index in [2.05, 4.69) is 14.7 Å². The molecule has 0 saturated heterocycles. The Balaban J connectivity index is 1.41. The number of pyridine rings is 1. The first-order chi connectivity index (χ1) is 17.3. The molecular weight excluding hydrogens is 494 g/mol. The number of benzene rings is 2. The Morgan fingerprint density at radius 1 is 1.08 bits per heavy atom. The van der Waals surface area contributed by atoms with E-state index in [1.807, 2.05) is 66.7 Å². The number of methoxy groups -OCH3 is 1. The second-order valence-corrected chi connectivity index (χ2v) is 11.2. The molecule has 1 atom stereocenters. The van der Waals surface area contributed by atoms with Crippen LogP contribution in [0, 0.1) is 11.7 Å². The molecule has 0 bridgehead atoms. The maximum absolute atomic E-state index is 13.1. The van der Waals surface area contributed by atoms with E-state index in [1.165, 1.54) is 4.90 Å². The molecule has 1 unspecified atom stereocenters. The Morgan fingerprint density at radius 2 is 1.78 bits per heavy atom. The highest BCUT2D eigenvalue weighted by atomic mass is 32.2. The number of hydrogen-bond donors (Lipinski definition) is 2. The minimum absolute atomic E-state index is 0.149. The smallest absolute Gasteiger partial charge is 0.232 e. The van der Waals surface area contributed by atoms with Crippen molar-refractivity contribution >= 4 is 32.3 Å². The number of likely N-dealkylation sites (N-methyl/N-ethyl adjacent to an activating group) is 1. The number of nitrogens with one attached hydrogen (secondary N) is 2. The summed E-state index contributed by atoms with van der Waals surface area (Å²) in [4.78, 5) is 23.2. The third-order valence-electron chi connectivity index (χ3n) is 5.57. The van der Waals surface area contributed by atoms with Crippen LogP contribution in [0.5, 0.6) is 5.75 Å². The van der Waals surface area contributed by atoms with Crippen molar-refractivity contribution in [2.45, 2.75) is 24.1 Å². The molecule has 0 aliphatic heterocycles. The summed E-state index contributed by atoms with van der Waals surface area (Å²) in [5, 5.41) is 0.406. The monoisotopic (exact) mass is 521 g/mol. The second kappa shape index (κ2) is 11.0. The summed E-state index contributed by atoms with van der Waals surface area (Å²) in [6, 6.07) is 20.8. The second-order valence-electron chi connectivity index (χ2n) is 8.14. The molecule has 0 radical (unpaired) electrons. The number of carbonyl (C=O) groups is 1. The standard InChI is InChI=1S/C26H27N5O3S2/c1-18-25(36(27,33)29-17-20-9-13-22(34-3)14-10-20)35-26(30-18)31(2)24(32)16-19-7-11-21(12-8-19)23-6-4-5-15-28-23/h4-15H,16-17H2,1-3H3,(H2,27,29,33). The van der Waals surface area contributed by atoms with Crippen LogP contribution in [0.25, 0.3) is 11.3 Å². The van der Waals surface area contributed by atoms with Gasteiger partial charge in [0, 0.05) is 25.4 Å². The minimum Gasteiger partial charge on any atom is -0.497 e. The highest BCUT2D eigenvalue weighted by Gasteiger charge is 2.22. The van der Waals surface area contributed by atoms with Crippen molar-refractivity contribution in [3.05, 3.63) is 89.7 Å². The molecule has 10 heteroatoms. The van der Waals surface area contributed by atoms with E-state index in [4.69, 9.17) is 9.52 Å². The normalized spacial score (nSPS) is 12.6. The van der Waals surface area contributed by atoms with Gasteiger partial charge in [0.2, 0.25) is 5.91 Å². The van der Waals surface area contributed by atoms with Gasteiger partial charge in [0.15, 0.2) is 5.13 Å². The van der Waals surface area contributed by atoms with Gasteiger partial charge in [-0.3, -0.25) is 14.7 Å². The van der Waals surface area contributed by atoms with Crippen LogP contribution in [0.15, 0.2) is 77.1 Å². The fourth-order valence-corrected chi connectivity index (χ4v) is 6.11. The molecule has 2 heterocycles. The topological polar surface area (TPSA) is 108 Å². The molecule has 186 valence electrons. The van der Waals surface area contributed by atoms with Crippen molar-refractivity contribution in [2.75, 3.05) is 19.1 Å². The minimum atomic E-state index is -3.30. The Bertz CT molecular complexity index is 1440. The van der Waals surface area contributed by atoms with Crippen molar-refractivity contribution in [1.82, 2.24) is 14.7 Å². The zero-order valence-corrected chi connectivity index (χ0v) is 21.9. The van der Waals surface area contributed by atoms with Gasteiger partial charge in [-0.1, -0.05) is 53.8 Å². The van der Waals surface area contributed by atoms with Gasteiger partial charge in [-0.2, -0.15) is 0 Å². The summed E-state index contributed by atoms with van der Waals surface area (Å²) in [7, 11) is -0.0679. The third-order valence-corrected chi connectivity index (χ3v) is 8.92. The van der Waals surface area contributed by atoms with Gasteiger partial charge in [-0.05, 0) is 42.3 Å². The molecule has 2 N–H and O–H groups in total. The Kier molecular flexibility index (Phi) is 7.78. The Hall–Kier alpha value is -3.60. The van der Waals surface area contributed by atoms with Crippen LogP contribution in [-0.2, 0) is 27.7 Å². The first kappa shape index (κ1) is 25.5. The van der Waals surface area contributed by atoms with Crippen LogP contribution in [0.4, 0.5) is 5.13 Å². The first-order valence-electron chi connectivity index (χ1n) is 11.2. The van der Waals surface area contributed by atoms with Gasteiger partial charge in [0.05, 0.1) is 24.9 Å². The molecule has 1 amide bonds. The Labute approximate surface area is 215 Å².